The number of phenols is 1. The lowest BCUT2D eigenvalue weighted by Crippen LogP contribution is -2.69. The summed E-state index contributed by atoms with van der Waals surface area (Å²) >= 11 is 0. The van der Waals surface area contributed by atoms with Gasteiger partial charge in [0.15, 0.2) is 0 Å². The lowest BCUT2D eigenvalue weighted by atomic mass is 9.88. The SMILES string of the molecule is C#CCOCCOCCO[C@]1(C(=O)O)C[C@H](O)[C@@H](NC(=O)C(C)(C)O)[C@H]([C@H](O)[C@H](O)CNC(=O)Cc2ccc(-c3ccc(O)cc3)cc2)O1. The van der Waals surface area contributed by atoms with Gasteiger partial charge in [0.2, 0.25) is 5.91 Å². The molecule has 2 amide bonds. The molecule has 0 aromatic heterocycles. The lowest BCUT2D eigenvalue weighted by molar-refractivity contribution is -0.312. The number of aromatic hydroxyl groups is 1. The van der Waals surface area contributed by atoms with E-state index in [1.165, 1.54) is 13.8 Å². The van der Waals surface area contributed by atoms with Gasteiger partial charge in [0.05, 0.1) is 51.1 Å². The maximum absolute atomic E-state index is 12.7. The zero-order valence-electron chi connectivity index (χ0n) is 27.3. The maximum Gasteiger partial charge on any atom is 0.364 e. The third kappa shape index (κ3) is 11.5. The van der Waals surface area contributed by atoms with Crippen molar-refractivity contribution >= 4 is 17.8 Å². The molecule has 0 saturated carbocycles. The summed E-state index contributed by atoms with van der Waals surface area (Å²) in [5.41, 5.74) is 0.452. The van der Waals surface area contributed by atoms with Crippen molar-refractivity contribution in [1.82, 2.24) is 10.6 Å². The topological polar surface area (TPSA) is 234 Å². The molecule has 2 aromatic carbocycles. The van der Waals surface area contributed by atoms with Crippen molar-refractivity contribution in [3.05, 3.63) is 54.1 Å². The highest BCUT2D eigenvalue weighted by molar-refractivity contribution is 5.84. The van der Waals surface area contributed by atoms with E-state index in [1.54, 1.807) is 48.5 Å². The standard InChI is InChI=1S/C34H44N2O13/c1-4-13-46-14-15-47-16-17-48-34(32(43)44)19-25(38)28(36-31(42)33(2,3)45)30(49-34)29(41)26(39)20-35-27(40)18-21-5-7-22(8-6-21)23-9-11-24(37)12-10-23/h1,5-12,25-26,28-30,37-39,41,45H,13-20H2,2-3H3,(H,35,40)(H,36,42)(H,43,44)/t25-,26+,28+,29+,30+,34+/m0/s1. The summed E-state index contributed by atoms with van der Waals surface area (Å²) < 4.78 is 21.6. The summed E-state index contributed by atoms with van der Waals surface area (Å²) in [6.45, 7) is 1.82. The second kappa shape index (κ2) is 18.0. The number of carboxylic acids is 1. The number of nitrogens with one attached hydrogen (secondary N) is 2. The summed E-state index contributed by atoms with van der Waals surface area (Å²) in [6, 6.07) is 12.2. The Bertz CT molecular complexity index is 1420. The second-order valence-corrected chi connectivity index (χ2v) is 12.0. The highest BCUT2D eigenvalue weighted by Crippen LogP contribution is 2.34. The number of hydrogen-bond acceptors (Lipinski definition) is 12. The number of hydrogen-bond donors (Lipinski definition) is 8. The molecule has 15 heteroatoms. The van der Waals surface area contributed by atoms with E-state index in [1.807, 2.05) is 0 Å². The van der Waals surface area contributed by atoms with Crippen molar-refractivity contribution in [2.75, 3.05) is 39.6 Å². The Morgan fingerprint density at radius 2 is 1.61 bits per heavy atom. The Balaban J connectivity index is 1.67. The number of aliphatic hydroxyl groups excluding tert-OH is 3. The number of terminal acetylenes is 1. The minimum Gasteiger partial charge on any atom is -0.508 e. The molecule has 1 fully saturated rings. The first-order valence-electron chi connectivity index (χ1n) is 15.5. The summed E-state index contributed by atoms with van der Waals surface area (Å²) in [5, 5.41) is 67.6. The third-order valence-corrected chi connectivity index (χ3v) is 7.63. The van der Waals surface area contributed by atoms with Gasteiger partial charge in [0.25, 0.3) is 11.7 Å². The first-order valence-corrected chi connectivity index (χ1v) is 15.5. The van der Waals surface area contributed by atoms with Crippen LogP contribution in [0.1, 0.15) is 25.8 Å². The van der Waals surface area contributed by atoms with Gasteiger partial charge in [-0.2, -0.15) is 0 Å². The molecule has 1 saturated heterocycles. The van der Waals surface area contributed by atoms with Gasteiger partial charge in [-0.3, -0.25) is 9.59 Å². The Morgan fingerprint density at radius 1 is 1.02 bits per heavy atom. The van der Waals surface area contributed by atoms with Crippen LogP contribution in [0.15, 0.2) is 48.5 Å². The van der Waals surface area contributed by atoms with Gasteiger partial charge >= 0.3 is 5.97 Å². The van der Waals surface area contributed by atoms with Crippen LogP contribution in [0.4, 0.5) is 0 Å². The predicted molar refractivity (Wildman–Crippen MR) is 173 cm³/mol. The number of amides is 2. The number of aliphatic hydroxyl groups is 4. The Hall–Kier alpha value is -4.11. The van der Waals surface area contributed by atoms with E-state index in [4.69, 9.17) is 25.4 Å². The number of carboxylic acid groups (broad SMARTS) is 1. The summed E-state index contributed by atoms with van der Waals surface area (Å²) in [4.78, 5) is 37.7. The van der Waals surface area contributed by atoms with E-state index < -0.39 is 72.6 Å². The van der Waals surface area contributed by atoms with Crippen molar-refractivity contribution in [2.24, 2.45) is 0 Å². The number of rotatable bonds is 18. The monoisotopic (exact) mass is 688 g/mol. The quantitative estimate of drug-likeness (QED) is 0.0717. The number of ether oxygens (including phenoxy) is 4. The van der Waals surface area contributed by atoms with E-state index in [9.17, 15) is 45.0 Å². The molecule has 268 valence electrons. The van der Waals surface area contributed by atoms with Crippen LogP contribution in [0.5, 0.6) is 5.75 Å². The van der Waals surface area contributed by atoms with Gasteiger partial charge in [-0.15, -0.1) is 6.42 Å². The van der Waals surface area contributed by atoms with E-state index in [0.29, 0.717) is 5.56 Å². The molecule has 49 heavy (non-hydrogen) atoms. The largest absolute Gasteiger partial charge is 0.508 e. The van der Waals surface area contributed by atoms with Crippen molar-refractivity contribution in [1.29, 1.82) is 0 Å². The van der Waals surface area contributed by atoms with E-state index in [-0.39, 0.29) is 45.2 Å². The average Bonchev–Trinajstić information content (AvgIpc) is 3.05. The van der Waals surface area contributed by atoms with Gasteiger partial charge in [-0.1, -0.05) is 42.3 Å². The van der Waals surface area contributed by atoms with E-state index in [0.717, 1.165) is 11.1 Å². The van der Waals surface area contributed by atoms with Gasteiger partial charge in [0, 0.05) is 13.0 Å². The zero-order valence-corrected chi connectivity index (χ0v) is 27.3. The maximum atomic E-state index is 12.7. The molecule has 0 aliphatic carbocycles. The molecule has 0 spiro atoms. The van der Waals surface area contributed by atoms with Crippen molar-refractivity contribution in [3.8, 4) is 29.2 Å². The minimum absolute atomic E-state index is 0.0738. The number of carbonyl (C=O) groups excluding carboxylic acids is 2. The highest BCUT2D eigenvalue weighted by atomic mass is 16.7. The zero-order chi connectivity index (χ0) is 36.2. The van der Waals surface area contributed by atoms with Gasteiger partial charge in [0.1, 0.15) is 30.2 Å². The van der Waals surface area contributed by atoms with Crippen molar-refractivity contribution in [2.45, 2.75) is 68.5 Å². The van der Waals surface area contributed by atoms with Gasteiger partial charge in [-0.05, 0) is 42.7 Å². The predicted octanol–water partition coefficient (Wildman–Crippen LogP) is -0.691. The van der Waals surface area contributed by atoms with Crippen LogP contribution >= 0.6 is 0 Å². The van der Waals surface area contributed by atoms with Gasteiger partial charge in [-0.25, -0.2) is 4.79 Å². The molecule has 1 heterocycles. The molecule has 2 aromatic rings. The van der Waals surface area contributed by atoms with Crippen LogP contribution in [0, 0.1) is 12.3 Å². The molecule has 0 bridgehead atoms. The molecule has 1 aliphatic heterocycles. The minimum atomic E-state index is -2.53. The highest BCUT2D eigenvalue weighted by Gasteiger charge is 2.56. The smallest absolute Gasteiger partial charge is 0.364 e. The molecule has 3 rings (SSSR count). The molecule has 6 atom stereocenters. The van der Waals surface area contributed by atoms with Crippen LogP contribution in [0.25, 0.3) is 11.1 Å². The van der Waals surface area contributed by atoms with Crippen LogP contribution in [0.3, 0.4) is 0 Å². The average molecular weight is 689 g/mol. The summed E-state index contributed by atoms with van der Waals surface area (Å²) in [6.07, 6.45) is -2.90. The lowest BCUT2D eigenvalue weighted by Gasteiger charge is -2.47. The summed E-state index contributed by atoms with van der Waals surface area (Å²) in [7, 11) is 0. The second-order valence-electron chi connectivity index (χ2n) is 12.0. The van der Waals surface area contributed by atoms with Crippen LogP contribution in [-0.2, 0) is 39.8 Å². The fraction of sp³-hybridized carbons (Fsp3) is 0.500. The molecule has 15 nitrogen and oxygen atoms in total. The molecule has 0 radical (unpaired) electrons. The Kier molecular flexibility index (Phi) is 14.5. The molecule has 1 aliphatic rings. The van der Waals surface area contributed by atoms with E-state index in [2.05, 4.69) is 16.6 Å². The number of benzene rings is 2. The summed E-state index contributed by atoms with van der Waals surface area (Å²) in [5.74, 6) is -3.23. The van der Waals surface area contributed by atoms with Crippen molar-refractivity contribution in [3.63, 3.8) is 0 Å². The van der Waals surface area contributed by atoms with Gasteiger partial charge < -0.3 is 60.2 Å². The number of carbonyl (C=O) groups is 3. The van der Waals surface area contributed by atoms with Crippen LogP contribution in [-0.4, -0.2) is 130 Å². The molecule has 0 unspecified atom stereocenters. The molecular formula is C34H44N2O13. The molecule has 8 N–H and O–H groups in total. The van der Waals surface area contributed by atoms with E-state index >= 15 is 0 Å². The fourth-order valence-corrected chi connectivity index (χ4v) is 4.93. The molecular weight excluding hydrogens is 644 g/mol. The first kappa shape index (κ1) is 39.3. The Morgan fingerprint density at radius 3 is 2.20 bits per heavy atom. The van der Waals surface area contributed by atoms with Crippen molar-refractivity contribution < 1.29 is 64.0 Å². The van der Waals surface area contributed by atoms with Crippen LogP contribution < -0.4 is 10.6 Å². The first-order chi connectivity index (χ1) is 23.2. The number of aliphatic carboxylic acids is 1. The van der Waals surface area contributed by atoms with Crippen LogP contribution in [0.2, 0.25) is 0 Å². The Labute approximate surface area is 283 Å². The number of phenolic OH excluding ortho intramolecular Hbond substituents is 1. The normalized spacial score (nSPS) is 22.0. The fourth-order valence-electron chi connectivity index (χ4n) is 4.93. The third-order valence-electron chi connectivity index (χ3n) is 7.63.